The van der Waals surface area contributed by atoms with Crippen molar-refractivity contribution in [2.75, 3.05) is 39.9 Å². The molecule has 1 heterocycles. The molecule has 1 fully saturated rings. The second-order valence-electron chi connectivity index (χ2n) is 3.54. The smallest absolute Gasteiger partial charge is 0.219 e. The van der Waals surface area contributed by atoms with Gasteiger partial charge in [-0.1, -0.05) is 0 Å². The van der Waals surface area contributed by atoms with E-state index in [2.05, 4.69) is 5.32 Å². The van der Waals surface area contributed by atoms with Crippen molar-refractivity contribution in [3.8, 4) is 0 Å². The van der Waals surface area contributed by atoms with Crippen molar-refractivity contribution < 1.29 is 9.53 Å². The largest absolute Gasteiger partial charge is 0.380 e. The molecule has 4 nitrogen and oxygen atoms in total. The fraction of sp³-hybridized carbons (Fsp3) is 0.889. The maximum atomic E-state index is 11.0. The van der Waals surface area contributed by atoms with Crippen LogP contribution in [0.4, 0.5) is 0 Å². The van der Waals surface area contributed by atoms with E-state index in [4.69, 9.17) is 4.74 Å². The number of nitrogens with zero attached hydrogens (tertiary/aromatic N) is 1. The molecule has 1 saturated heterocycles. The van der Waals surface area contributed by atoms with Gasteiger partial charge in [-0.05, 0) is 0 Å². The van der Waals surface area contributed by atoms with E-state index in [0.717, 1.165) is 32.8 Å². The van der Waals surface area contributed by atoms with Gasteiger partial charge in [0.25, 0.3) is 0 Å². The van der Waals surface area contributed by atoms with Crippen LogP contribution in [0.5, 0.6) is 0 Å². The quantitative estimate of drug-likeness (QED) is 0.644. The summed E-state index contributed by atoms with van der Waals surface area (Å²) >= 11 is 0. The highest BCUT2D eigenvalue weighted by Gasteiger charge is 2.15. The van der Waals surface area contributed by atoms with Crippen molar-refractivity contribution in [2.24, 2.45) is 5.92 Å². The maximum Gasteiger partial charge on any atom is 0.219 e. The molecule has 13 heavy (non-hydrogen) atoms. The van der Waals surface area contributed by atoms with Crippen LogP contribution in [0.25, 0.3) is 0 Å². The maximum absolute atomic E-state index is 11.0. The Bertz CT molecular complexity index is 165. The summed E-state index contributed by atoms with van der Waals surface area (Å²) in [5.74, 6) is 0.542. The number of rotatable bonds is 2. The van der Waals surface area contributed by atoms with Gasteiger partial charge in [0.05, 0.1) is 13.2 Å². The predicted molar refractivity (Wildman–Crippen MR) is 50.5 cm³/mol. The molecule has 0 aromatic heterocycles. The standard InChI is InChI=1S/C9H18N2O2/c1-8(12)11(2)6-9-5-10-3-4-13-7-9/h9-10H,3-7H2,1-2H3. The number of carbonyl (C=O) groups is 1. The Kier molecular flexibility index (Phi) is 4.18. The number of hydrogen-bond acceptors (Lipinski definition) is 3. The van der Waals surface area contributed by atoms with Gasteiger partial charge in [0, 0.05) is 39.5 Å². The number of amides is 1. The minimum absolute atomic E-state index is 0.115. The Morgan fingerprint density at radius 3 is 3.15 bits per heavy atom. The molecule has 0 aliphatic carbocycles. The van der Waals surface area contributed by atoms with Crippen LogP contribution in [0, 0.1) is 5.92 Å². The topological polar surface area (TPSA) is 41.6 Å². The predicted octanol–water partition coefficient (Wildman–Crippen LogP) is -0.299. The van der Waals surface area contributed by atoms with Gasteiger partial charge in [0.2, 0.25) is 5.91 Å². The molecule has 1 amide bonds. The van der Waals surface area contributed by atoms with Crippen LogP contribution in [-0.2, 0) is 9.53 Å². The Labute approximate surface area is 79.2 Å². The van der Waals surface area contributed by atoms with E-state index in [-0.39, 0.29) is 5.91 Å². The van der Waals surface area contributed by atoms with Crippen molar-refractivity contribution in [1.29, 1.82) is 0 Å². The molecule has 1 atom stereocenters. The van der Waals surface area contributed by atoms with Gasteiger partial charge in [-0.25, -0.2) is 0 Å². The molecule has 0 saturated carbocycles. The first kappa shape index (κ1) is 10.5. The van der Waals surface area contributed by atoms with Crippen molar-refractivity contribution in [3.63, 3.8) is 0 Å². The zero-order valence-corrected chi connectivity index (χ0v) is 8.38. The summed E-state index contributed by atoms with van der Waals surface area (Å²) in [7, 11) is 1.83. The SMILES string of the molecule is CC(=O)N(C)CC1CNCCOC1. The molecule has 0 radical (unpaired) electrons. The minimum Gasteiger partial charge on any atom is -0.380 e. The molecule has 0 aromatic rings. The molecule has 1 aliphatic rings. The third kappa shape index (κ3) is 3.74. The second-order valence-corrected chi connectivity index (χ2v) is 3.54. The normalized spacial score (nSPS) is 23.7. The van der Waals surface area contributed by atoms with Crippen LogP contribution in [0.2, 0.25) is 0 Å². The van der Waals surface area contributed by atoms with E-state index in [9.17, 15) is 4.79 Å². The van der Waals surface area contributed by atoms with E-state index in [1.54, 1.807) is 11.8 Å². The molecule has 76 valence electrons. The van der Waals surface area contributed by atoms with Crippen LogP contribution in [0.1, 0.15) is 6.92 Å². The van der Waals surface area contributed by atoms with Crippen molar-refractivity contribution in [1.82, 2.24) is 10.2 Å². The number of carbonyl (C=O) groups excluding carboxylic acids is 1. The van der Waals surface area contributed by atoms with Crippen molar-refractivity contribution >= 4 is 5.91 Å². The summed E-state index contributed by atoms with van der Waals surface area (Å²) in [6.07, 6.45) is 0. The minimum atomic E-state index is 0.115. The lowest BCUT2D eigenvalue weighted by molar-refractivity contribution is -0.128. The van der Waals surface area contributed by atoms with E-state index < -0.39 is 0 Å². The fourth-order valence-electron chi connectivity index (χ4n) is 1.39. The molecule has 0 bridgehead atoms. The Morgan fingerprint density at radius 2 is 2.46 bits per heavy atom. The summed E-state index contributed by atoms with van der Waals surface area (Å²) in [4.78, 5) is 12.7. The third-order valence-electron chi connectivity index (χ3n) is 2.28. The lowest BCUT2D eigenvalue weighted by Gasteiger charge is -2.21. The lowest BCUT2D eigenvalue weighted by Crippen LogP contribution is -2.35. The first-order valence-electron chi connectivity index (χ1n) is 4.70. The summed E-state index contributed by atoms with van der Waals surface area (Å²) < 4.78 is 5.39. The van der Waals surface area contributed by atoms with Crippen LogP contribution in [-0.4, -0.2) is 50.7 Å². The van der Waals surface area contributed by atoms with Gasteiger partial charge in [0.1, 0.15) is 0 Å². The Balaban J connectivity index is 2.29. The molecule has 0 spiro atoms. The summed E-state index contributed by atoms with van der Waals surface area (Å²) in [6, 6.07) is 0. The van der Waals surface area contributed by atoms with Gasteiger partial charge >= 0.3 is 0 Å². The van der Waals surface area contributed by atoms with Gasteiger partial charge < -0.3 is 15.0 Å². The van der Waals surface area contributed by atoms with Crippen LogP contribution in [0.15, 0.2) is 0 Å². The first-order valence-corrected chi connectivity index (χ1v) is 4.70. The van der Waals surface area contributed by atoms with E-state index >= 15 is 0 Å². The summed E-state index contributed by atoms with van der Waals surface area (Å²) in [5, 5.41) is 3.28. The second kappa shape index (κ2) is 5.19. The molecule has 1 aliphatic heterocycles. The lowest BCUT2D eigenvalue weighted by atomic mass is 10.1. The highest BCUT2D eigenvalue weighted by Crippen LogP contribution is 2.02. The number of nitrogens with one attached hydrogen (secondary N) is 1. The molecular formula is C9H18N2O2. The van der Waals surface area contributed by atoms with Gasteiger partial charge in [-0.15, -0.1) is 0 Å². The molecule has 4 heteroatoms. The van der Waals surface area contributed by atoms with Crippen LogP contribution >= 0.6 is 0 Å². The average Bonchev–Trinajstić information content (AvgIpc) is 2.32. The van der Waals surface area contributed by atoms with Gasteiger partial charge in [0.15, 0.2) is 0 Å². The highest BCUT2D eigenvalue weighted by molar-refractivity contribution is 5.72. The van der Waals surface area contributed by atoms with E-state index in [1.165, 1.54) is 0 Å². The Hall–Kier alpha value is -0.610. The molecule has 1 rings (SSSR count). The third-order valence-corrected chi connectivity index (χ3v) is 2.28. The molecule has 1 unspecified atom stereocenters. The van der Waals surface area contributed by atoms with E-state index in [0.29, 0.717) is 5.92 Å². The number of ether oxygens (including phenoxy) is 1. The van der Waals surface area contributed by atoms with Crippen molar-refractivity contribution in [2.45, 2.75) is 6.92 Å². The van der Waals surface area contributed by atoms with E-state index in [1.807, 2.05) is 7.05 Å². The number of hydrogen-bond donors (Lipinski definition) is 1. The van der Waals surface area contributed by atoms with Crippen LogP contribution in [0.3, 0.4) is 0 Å². The highest BCUT2D eigenvalue weighted by atomic mass is 16.5. The van der Waals surface area contributed by atoms with Gasteiger partial charge in [-0.3, -0.25) is 4.79 Å². The molecule has 0 aromatic carbocycles. The first-order chi connectivity index (χ1) is 6.20. The molecular weight excluding hydrogens is 168 g/mol. The molecule has 1 N–H and O–H groups in total. The van der Waals surface area contributed by atoms with Gasteiger partial charge in [-0.2, -0.15) is 0 Å². The van der Waals surface area contributed by atoms with Crippen LogP contribution < -0.4 is 5.32 Å². The van der Waals surface area contributed by atoms with Crippen molar-refractivity contribution in [3.05, 3.63) is 0 Å². The Morgan fingerprint density at radius 1 is 1.69 bits per heavy atom. The zero-order chi connectivity index (χ0) is 9.68. The summed E-state index contributed by atoms with van der Waals surface area (Å²) in [5.41, 5.74) is 0. The monoisotopic (exact) mass is 186 g/mol. The summed E-state index contributed by atoms with van der Waals surface area (Å²) in [6.45, 7) is 5.76. The average molecular weight is 186 g/mol. The fourth-order valence-corrected chi connectivity index (χ4v) is 1.39. The zero-order valence-electron chi connectivity index (χ0n) is 8.38.